The van der Waals surface area contributed by atoms with E-state index >= 15 is 0 Å². The minimum absolute atomic E-state index is 0.251. The van der Waals surface area contributed by atoms with Crippen molar-refractivity contribution in [1.82, 2.24) is 9.66 Å². The molecule has 0 bridgehead atoms. The molecule has 2 aromatic heterocycles. The van der Waals surface area contributed by atoms with Gasteiger partial charge in [-0.2, -0.15) is 9.78 Å². The monoisotopic (exact) mass is 701 g/mol. The molecule has 0 saturated heterocycles. The van der Waals surface area contributed by atoms with Crippen LogP contribution in [0.4, 0.5) is 0 Å². The molecule has 0 spiro atoms. The van der Waals surface area contributed by atoms with Crippen molar-refractivity contribution in [2.24, 2.45) is 5.10 Å². The number of hydrogen-bond donors (Lipinski definition) is 0. The van der Waals surface area contributed by atoms with E-state index in [0.717, 1.165) is 10.9 Å². The van der Waals surface area contributed by atoms with E-state index in [2.05, 4.69) is 37.0 Å². The smallest absolute Gasteiger partial charge is 0.282 e. The van der Waals surface area contributed by atoms with Gasteiger partial charge in [0.15, 0.2) is 17.3 Å². The third-order valence-corrected chi connectivity index (χ3v) is 8.85. The summed E-state index contributed by atoms with van der Waals surface area (Å²) in [5.41, 5.74) is 2.47. The Hall–Kier alpha value is -4.41. The van der Waals surface area contributed by atoms with Crippen LogP contribution in [0.3, 0.4) is 0 Å². The van der Waals surface area contributed by atoms with Crippen molar-refractivity contribution in [3.63, 3.8) is 0 Å². The number of aromatic nitrogens is 2. The molecular formula is C33H25Br2N3O5. The first kappa shape index (κ1) is 28.7. The van der Waals surface area contributed by atoms with E-state index in [1.165, 1.54) is 4.68 Å². The van der Waals surface area contributed by atoms with E-state index < -0.39 is 0 Å². The Kier molecular flexibility index (Phi) is 8.31. The van der Waals surface area contributed by atoms with Gasteiger partial charge in [-0.15, -0.1) is 0 Å². The molecule has 0 aliphatic carbocycles. The highest BCUT2D eigenvalue weighted by molar-refractivity contribution is 9.13. The molecule has 0 saturated carbocycles. The van der Waals surface area contributed by atoms with Gasteiger partial charge in [0.25, 0.3) is 5.56 Å². The van der Waals surface area contributed by atoms with Crippen LogP contribution < -0.4 is 19.8 Å². The number of para-hydroxylation sites is 1. The average molecular weight is 703 g/mol. The maximum Gasteiger partial charge on any atom is 0.282 e. The lowest BCUT2D eigenvalue weighted by atomic mass is 10.2. The largest absolute Gasteiger partial charge is 0.496 e. The van der Waals surface area contributed by atoms with E-state index in [1.54, 1.807) is 37.6 Å². The summed E-state index contributed by atoms with van der Waals surface area (Å²) in [4.78, 5) is 18.5. The normalized spacial score (nSPS) is 11.4. The van der Waals surface area contributed by atoms with Crippen molar-refractivity contribution in [2.45, 2.75) is 13.5 Å². The van der Waals surface area contributed by atoms with Gasteiger partial charge in [0.05, 0.1) is 40.7 Å². The second kappa shape index (κ2) is 12.4. The fraction of sp³-hybridized carbons (Fsp3) is 0.121. The van der Waals surface area contributed by atoms with Crippen molar-refractivity contribution in [2.75, 3.05) is 13.7 Å². The predicted octanol–water partition coefficient (Wildman–Crippen LogP) is 8.20. The Morgan fingerprint density at radius 2 is 1.70 bits per heavy atom. The SMILES string of the molecule is CCOc1cc(C=Nn2c(-c3cc4c(OC)cccc4o3)nc3ccccc3c2=O)c(Br)c(Br)c1OCc1ccccc1. The highest BCUT2D eigenvalue weighted by Crippen LogP contribution is 2.43. The van der Waals surface area contributed by atoms with Crippen molar-refractivity contribution in [1.29, 1.82) is 0 Å². The first-order chi connectivity index (χ1) is 21.0. The summed E-state index contributed by atoms with van der Waals surface area (Å²) in [6.45, 7) is 2.70. The van der Waals surface area contributed by atoms with E-state index in [1.807, 2.05) is 67.6 Å². The third-order valence-electron chi connectivity index (χ3n) is 6.71. The van der Waals surface area contributed by atoms with Gasteiger partial charge in [0, 0.05) is 10.0 Å². The van der Waals surface area contributed by atoms with Crippen molar-refractivity contribution in [3.8, 4) is 28.8 Å². The molecule has 0 fully saturated rings. The number of nitrogens with zero attached hydrogens (tertiary/aromatic N) is 3. The topological polar surface area (TPSA) is 88.1 Å². The fourth-order valence-electron chi connectivity index (χ4n) is 4.66. The van der Waals surface area contributed by atoms with Crippen molar-refractivity contribution >= 4 is 59.9 Å². The highest BCUT2D eigenvalue weighted by Gasteiger charge is 2.20. The third kappa shape index (κ3) is 5.68. The number of benzene rings is 4. The van der Waals surface area contributed by atoms with Gasteiger partial charge in [0.1, 0.15) is 17.9 Å². The van der Waals surface area contributed by atoms with Gasteiger partial charge in [0.2, 0.25) is 5.82 Å². The zero-order chi connectivity index (χ0) is 29.9. The van der Waals surface area contributed by atoms with Crippen LogP contribution in [0.15, 0.2) is 108 Å². The zero-order valence-corrected chi connectivity index (χ0v) is 26.4. The summed E-state index contributed by atoms with van der Waals surface area (Å²) in [6.07, 6.45) is 1.57. The van der Waals surface area contributed by atoms with Gasteiger partial charge in [-0.1, -0.05) is 48.5 Å². The highest BCUT2D eigenvalue weighted by atomic mass is 79.9. The fourth-order valence-corrected chi connectivity index (χ4v) is 5.59. The number of methoxy groups -OCH3 is 1. The van der Waals surface area contributed by atoms with Gasteiger partial charge in [-0.25, -0.2) is 4.98 Å². The molecule has 0 aliphatic heterocycles. The number of furan rings is 1. The van der Waals surface area contributed by atoms with Crippen LogP contribution in [0.5, 0.6) is 17.2 Å². The number of halogens is 2. The van der Waals surface area contributed by atoms with Crippen LogP contribution in [0.2, 0.25) is 0 Å². The quantitative estimate of drug-likeness (QED) is 0.141. The zero-order valence-electron chi connectivity index (χ0n) is 23.2. The lowest BCUT2D eigenvalue weighted by Gasteiger charge is -2.16. The summed E-state index contributed by atoms with van der Waals surface area (Å²) >= 11 is 7.33. The second-order valence-electron chi connectivity index (χ2n) is 9.43. The Labute approximate surface area is 263 Å². The van der Waals surface area contributed by atoms with Crippen molar-refractivity contribution < 1.29 is 18.6 Å². The Morgan fingerprint density at radius 1 is 0.907 bits per heavy atom. The molecule has 6 aromatic rings. The van der Waals surface area contributed by atoms with E-state index in [9.17, 15) is 4.79 Å². The summed E-state index contributed by atoms with van der Waals surface area (Å²) < 4.78 is 26.3. The molecule has 0 radical (unpaired) electrons. The predicted molar refractivity (Wildman–Crippen MR) is 175 cm³/mol. The lowest BCUT2D eigenvalue weighted by Crippen LogP contribution is -2.20. The summed E-state index contributed by atoms with van der Waals surface area (Å²) in [6, 6.07) is 26.1. The molecule has 43 heavy (non-hydrogen) atoms. The maximum atomic E-state index is 13.8. The van der Waals surface area contributed by atoms with Crippen LogP contribution in [0, 0.1) is 0 Å². The molecule has 0 aliphatic rings. The molecule has 0 N–H and O–H groups in total. The lowest BCUT2D eigenvalue weighted by molar-refractivity contribution is 0.267. The maximum absolute atomic E-state index is 13.8. The van der Waals surface area contributed by atoms with Crippen LogP contribution in [0.1, 0.15) is 18.1 Å². The Morgan fingerprint density at radius 3 is 2.49 bits per heavy atom. The second-order valence-corrected chi connectivity index (χ2v) is 11.0. The summed E-state index contributed by atoms with van der Waals surface area (Å²) in [7, 11) is 1.60. The molecule has 0 atom stereocenters. The molecule has 10 heteroatoms. The van der Waals surface area contributed by atoms with E-state index in [-0.39, 0.29) is 11.4 Å². The van der Waals surface area contributed by atoms with Crippen molar-refractivity contribution in [3.05, 3.63) is 115 Å². The van der Waals surface area contributed by atoms with Gasteiger partial charge in [-0.05, 0) is 80.7 Å². The standard InChI is InChI=1S/C33H25Br2N3O5/c1-3-41-27-16-21(29(34)30(35)31(27)42-19-20-10-5-4-6-11-20)18-36-38-32(37-24-13-8-7-12-22(24)33(38)39)28-17-23-25(40-2)14-9-15-26(23)43-28/h4-18H,3,19H2,1-2H3. The Balaban J connectivity index is 1.46. The van der Waals surface area contributed by atoms with Gasteiger partial charge < -0.3 is 18.6 Å². The minimum Gasteiger partial charge on any atom is -0.496 e. The molecular weight excluding hydrogens is 678 g/mol. The van der Waals surface area contributed by atoms with Crippen LogP contribution in [0.25, 0.3) is 33.5 Å². The number of ether oxygens (including phenoxy) is 3. The van der Waals surface area contributed by atoms with Crippen LogP contribution in [-0.4, -0.2) is 29.6 Å². The Bertz CT molecular complexity index is 2040. The molecule has 0 unspecified atom stereocenters. The molecule has 216 valence electrons. The van der Waals surface area contributed by atoms with Gasteiger partial charge >= 0.3 is 0 Å². The molecule has 8 nitrogen and oxygen atoms in total. The first-order valence-corrected chi connectivity index (χ1v) is 15.0. The molecule has 4 aromatic carbocycles. The van der Waals surface area contributed by atoms with E-state index in [4.69, 9.17) is 23.6 Å². The molecule has 2 heterocycles. The summed E-state index contributed by atoms with van der Waals surface area (Å²) in [5, 5.41) is 5.81. The molecule has 6 rings (SSSR count). The average Bonchev–Trinajstić information content (AvgIpc) is 3.48. The van der Waals surface area contributed by atoms with E-state index in [0.29, 0.717) is 67.2 Å². The molecule has 0 amide bonds. The number of rotatable bonds is 9. The summed E-state index contributed by atoms with van der Waals surface area (Å²) in [5.74, 6) is 2.36. The van der Waals surface area contributed by atoms with Crippen LogP contribution in [-0.2, 0) is 6.61 Å². The number of fused-ring (bicyclic) bond motifs is 2. The van der Waals surface area contributed by atoms with Gasteiger partial charge in [-0.3, -0.25) is 4.79 Å². The minimum atomic E-state index is -0.340. The number of hydrogen-bond acceptors (Lipinski definition) is 7. The van der Waals surface area contributed by atoms with Crippen LogP contribution >= 0.6 is 31.9 Å². The first-order valence-electron chi connectivity index (χ1n) is 13.4.